The maximum Gasteiger partial charge on any atom is 0.270 e. The molecule has 174 valence electrons. The van der Waals surface area contributed by atoms with E-state index in [1.165, 1.54) is 30.2 Å². The number of piperidine rings is 1. The zero-order valence-corrected chi connectivity index (χ0v) is 19.6. The van der Waals surface area contributed by atoms with Crippen LogP contribution in [0.15, 0.2) is 34.4 Å². The first-order valence-corrected chi connectivity index (χ1v) is 12.7. The SMILES string of the molecule is CC1CCC(NC(=O)C2CCN(c3nc4c(-c5ccccc5F)csc4c(=O)[nH]3)CC2)CC1. The maximum absolute atomic E-state index is 14.4. The van der Waals surface area contributed by atoms with E-state index in [2.05, 4.69) is 17.2 Å². The summed E-state index contributed by atoms with van der Waals surface area (Å²) >= 11 is 1.28. The van der Waals surface area contributed by atoms with E-state index in [0.717, 1.165) is 31.6 Å². The van der Waals surface area contributed by atoms with Crippen LogP contribution in [0.1, 0.15) is 45.4 Å². The molecule has 0 radical (unpaired) electrons. The topological polar surface area (TPSA) is 78.1 Å². The van der Waals surface area contributed by atoms with Crippen molar-refractivity contribution in [1.82, 2.24) is 15.3 Å². The molecule has 0 unspecified atom stereocenters. The number of nitrogens with zero attached hydrogens (tertiary/aromatic N) is 2. The number of thiophene rings is 1. The van der Waals surface area contributed by atoms with Crippen LogP contribution in [0.2, 0.25) is 0 Å². The van der Waals surface area contributed by atoms with Crippen LogP contribution in [0.25, 0.3) is 21.3 Å². The Balaban J connectivity index is 1.30. The van der Waals surface area contributed by atoms with Crippen LogP contribution < -0.4 is 15.8 Å². The summed E-state index contributed by atoms with van der Waals surface area (Å²) in [6.07, 6.45) is 5.95. The van der Waals surface area contributed by atoms with Crippen molar-refractivity contribution in [3.8, 4) is 11.1 Å². The normalized spacial score (nSPS) is 21.9. The number of hydrogen-bond acceptors (Lipinski definition) is 5. The Morgan fingerprint density at radius 2 is 1.85 bits per heavy atom. The Hall–Kier alpha value is -2.74. The third-order valence-corrected chi connectivity index (χ3v) is 8.07. The molecule has 2 aromatic heterocycles. The second-order valence-corrected chi connectivity index (χ2v) is 10.3. The minimum Gasteiger partial charge on any atom is -0.353 e. The highest BCUT2D eigenvalue weighted by Crippen LogP contribution is 2.33. The van der Waals surface area contributed by atoms with Crippen LogP contribution in [-0.4, -0.2) is 35.0 Å². The van der Waals surface area contributed by atoms with Crippen molar-refractivity contribution < 1.29 is 9.18 Å². The zero-order chi connectivity index (χ0) is 22.9. The van der Waals surface area contributed by atoms with Gasteiger partial charge in [0.15, 0.2) is 0 Å². The van der Waals surface area contributed by atoms with Gasteiger partial charge in [-0.25, -0.2) is 9.37 Å². The number of anilines is 1. The molecule has 33 heavy (non-hydrogen) atoms. The van der Waals surface area contributed by atoms with Crippen molar-refractivity contribution in [2.75, 3.05) is 18.0 Å². The first-order chi connectivity index (χ1) is 16.0. The lowest BCUT2D eigenvalue weighted by atomic mass is 9.86. The average Bonchev–Trinajstić information content (AvgIpc) is 3.25. The minimum absolute atomic E-state index is 0.00817. The summed E-state index contributed by atoms with van der Waals surface area (Å²) in [5, 5.41) is 5.05. The summed E-state index contributed by atoms with van der Waals surface area (Å²) in [7, 11) is 0. The van der Waals surface area contributed by atoms with Crippen LogP contribution >= 0.6 is 11.3 Å². The van der Waals surface area contributed by atoms with Gasteiger partial charge >= 0.3 is 0 Å². The Kier molecular flexibility index (Phi) is 6.19. The van der Waals surface area contributed by atoms with E-state index in [-0.39, 0.29) is 23.2 Å². The number of carbonyl (C=O) groups excluding carboxylic acids is 1. The Bertz CT molecular complexity index is 1210. The van der Waals surface area contributed by atoms with E-state index < -0.39 is 0 Å². The molecular formula is C25H29FN4O2S. The number of fused-ring (bicyclic) bond motifs is 1. The predicted octanol–water partition coefficient (Wildman–Crippen LogP) is 4.70. The molecule has 1 aliphatic heterocycles. The molecule has 8 heteroatoms. The highest BCUT2D eigenvalue weighted by atomic mass is 32.1. The number of rotatable bonds is 4. The summed E-state index contributed by atoms with van der Waals surface area (Å²) in [5.74, 6) is 1.07. The van der Waals surface area contributed by atoms with E-state index >= 15 is 0 Å². The molecule has 2 aliphatic rings. The zero-order valence-electron chi connectivity index (χ0n) is 18.8. The van der Waals surface area contributed by atoms with Gasteiger partial charge in [0.1, 0.15) is 10.5 Å². The number of aromatic amines is 1. The average molecular weight is 469 g/mol. The smallest absolute Gasteiger partial charge is 0.270 e. The summed E-state index contributed by atoms with van der Waals surface area (Å²) in [5.41, 5.74) is 1.39. The highest BCUT2D eigenvalue weighted by molar-refractivity contribution is 7.17. The molecule has 3 aromatic rings. The number of amides is 1. The molecule has 1 aliphatic carbocycles. The number of halogens is 1. The van der Waals surface area contributed by atoms with Crippen molar-refractivity contribution >= 4 is 33.4 Å². The van der Waals surface area contributed by atoms with Crippen LogP contribution in [0.3, 0.4) is 0 Å². The molecule has 0 bridgehead atoms. The number of aromatic nitrogens is 2. The van der Waals surface area contributed by atoms with Crippen molar-refractivity contribution in [3.05, 3.63) is 45.8 Å². The van der Waals surface area contributed by atoms with Crippen molar-refractivity contribution in [1.29, 1.82) is 0 Å². The van der Waals surface area contributed by atoms with Gasteiger partial charge in [-0.15, -0.1) is 11.3 Å². The molecule has 1 saturated heterocycles. The van der Waals surface area contributed by atoms with Crippen LogP contribution in [0.4, 0.5) is 10.3 Å². The summed E-state index contributed by atoms with van der Waals surface area (Å²) in [6.45, 7) is 3.57. The van der Waals surface area contributed by atoms with Gasteiger partial charge in [-0.2, -0.15) is 0 Å². The quantitative estimate of drug-likeness (QED) is 0.582. The van der Waals surface area contributed by atoms with E-state index in [4.69, 9.17) is 4.98 Å². The summed E-state index contributed by atoms with van der Waals surface area (Å²) in [4.78, 5) is 35.1. The van der Waals surface area contributed by atoms with Crippen LogP contribution in [0, 0.1) is 17.7 Å². The number of carbonyl (C=O) groups is 1. The van der Waals surface area contributed by atoms with Crippen LogP contribution in [-0.2, 0) is 4.79 Å². The summed E-state index contributed by atoms with van der Waals surface area (Å²) in [6, 6.07) is 6.85. The molecule has 1 aromatic carbocycles. The lowest BCUT2D eigenvalue weighted by Crippen LogP contribution is -2.45. The number of H-pyrrole nitrogens is 1. The standard InChI is InChI=1S/C25H29FN4O2S/c1-15-6-8-17(9-7-15)27-23(31)16-10-12-30(13-11-16)25-28-21-19(14-33-22(21)24(32)29-25)18-4-2-3-5-20(18)26/h2-5,14-17H,6-13H2,1H3,(H,27,31)(H,28,29,32). The largest absolute Gasteiger partial charge is 0.353 e. The number of nitrogens with one attached hydrogen (secondary N) is 2. The van der Waals surface area contributed by atoms with Gasteiger partial charge in [-0.05, 0) is 50.5 Å². The molecule has 2 N–H and O–H groups in total. The molecule has 1 saturated carbocycles. The summed E-state index contributed by atoms with van der Waals surface area (Å²) < 4.78 is 14.9. The van der Waals surface area contributed by atoms with Gasteiger partial charge in [0.25, 0.3) is 5.56 Å². The maximum atomic E-state index is 14.4. The van der Waals surface area contributed by atoms with E-state index in [0.29, 0.717) is 46.4 Å². The van der Waals surface area contributed by atoms with Gasteiger partial charge in [-0.1, -0.05) is 25.1 Å². The van der Waals surface area contributed by atoms with Crippen LogP contribution in [0.5, 0.6) is 0 Å². The molecule has 5 rings (SSSR count). The van der Waals surface area contributed by atoms with Gasteiger partial charge in [0, 0.05) is 41.6 Å². The lowest BCUT2D eigenvalue weighted by Gasteiger charge is -2.33. The van der Waals surface area contributed by atoms with Crippen molar-refractivity contribution in [3.63, 3.8) is 0 Å². The highest BCUT2D eigenvalue weighted by Gasteiger charge is 2.29. The number of benzene rings is 1. The molecule has 0 spiro atoms. The van der Waals surface area contributed by atoms with Crippen molar-refractivity contribution in [2.24, 2.45) is 11.8 Å². The predicted molar refractivity (Wildman–Crippen MR) is 130 cm³/mol. The second-order valence-electron chi connectivity index (χ2n) is 9.42. The minimum atomic E-state index is -0.333. The second kappa shape index (κ2) is 9.25. The van der Waals surface area contributed by atoms with Gasteiger partial charge in [0.2, 0.25) is 11.9 Å². The fraction of sp³-hybridized carbons (Fsp3) is 0.480. The fourth-order valence-corrected chi connectivity index (χ4v) is 5.91. The Morgan fingerprint density at radius 1 is 1.12 bits per heavy atom. The van der Waals surface area contributed by atoms with E-state index in [1.807, 2.05) is 4.90 Å². The van der Waals surface area contributed by atoms with Gasteiger partial charge in [-0.3, -0.25) is 14.6 Å². The first-order valence-electron chi connectivity index (χ1n) is 11.8. The van der Waals surface area contributed by atoms with E-state index in [9.17, 15) is 14.0 Å². The Morgan fingerprint density at radius 3 is 2.58 bits per heavy atom. The van der Waals surface area contributed by atoms with Gasteiger partial charge < -0.3 is 10.2 Å². The molecule has 2 fully saturated rings. The molecule has 1 amide bonds. The monoisotopic (exact) mass is 468 g/mol. The van der Waals surface area contributed by atoms with Crippen molar-refractivity contribution in [2.45, 2.75) is 51.5 Å². The van der Waals surface area contributed by atoms with E-state index in [1.54, 1.807) is 23.6 Å². The molecule has 3 heterocycles. The Labute approximate surface area is 196 Å². The lowest BCUT2D eigenvalue weighted by molar-refractivity contribution is -0.126. The molecule has 6 nitrogen and oxygen atoms in total. The third-order valence-electron chi connectivity index (χ3n) is 7.11. The first kappa shape index (κ1) is 22.1. The molecule has 0 atom stereocenters. The molecular weight excluding hydrogens is 439 g/mol. The van der Waals surface area contributed by atoms with Gasteiger partial charge in [0.05, 0.1) is 5.52 Å². The third kappa shape index (κ3) is 4.53. The fourth-order valence-electron chi connectivity index (χ4n) is 5.01. The number of hydrogen-bond donors (Lipinski definition) is 2.